The van der Waals surface area contributed by atoms with Gasteiger partial charge in [0.2, 0.25) is 5.89 Å². The molecule has 0 N–H and O–H groups in total. The van der Waals surface area contributed by atoms with E-state index in [1.165, 1.54) is 0 Å². The molecule has 0 bridgehead atoms. The Labute approximate surface area is 110 Å². The quantitative estimate of drug-likeness (QED) is 0.788. The van der Waals surface area contributed by atoms with Crippen molar-refractivity contribution < 1.29 is 13.9 Å². The Hall–Kier alpha value is -2.35. The van der Waals surface area contributed by atoms with E-state index < -0.39 is 5.92 Å². The summed E-state index contributed by atoms with van der Waals surface area (Å²) in [6.07, 6.45) is 0.113. The highest BCUT2D eigenvalue weighted by Crippen LogP contribution is 2.26. The summed E-state index contributed by atoms with van der Waals surface area (Å²) in [4.78, 5) is 16.1. The molecule has 19 heavy (non-hydrogen) atoms. The maximum Gasteiger partial charge on any atom is 0.313 e. The summed E-state index contributed by atoms with van der Waals surface area (Å²) < 4.78 is 10.5. The first-order valence-corrected chi connectivity index (χ1v) is 6.09. The summed E-state index contributed by atoms with van der Waals surface area (Å²) in [7, 11) is 0. The second kappa shape index (κ2) is 5.53. The molecule has 5 heteroatoms. The zero-order chi connectivity index (χ0) is 13.8. The van der Waals surface area contributed by atoms with Gasteiger partial charge in [0.25, 0.3) is 0 Å². The zero-order valence-corrected chi connectivity index (χ0v) is 10.8. The molecule has 0 amide bonds. The number of aromatic nitrogens is 1. The third-order valence-corrected chi connectivity index (χ3v) is 2.83. The van der Waals surface area contributed by atoms with Crippen molar-refractivity contribution in [2.75, 3.05) is 6.61 Å². The highest BCUT2D eigenvalue weighted by atomic mass is 16.5. The normalized spacial score (nSPS) is 12.1. The number of nitriles is 1. The molecule has 2 rings (SSSR count). The molecule has 1 aromatic carbocycles. The van der Waals surface area contributed by atoms with Gasteiger partial charge in [-0.15, -0.1) is 0 Å². The second-order valence-electron chi connectivity index (χ2n) is 4.11. The summed E-state index contributed by atoms with van der Waals surface area (Å²) in [5, 5.41) is 8.66. The number of para-hydroxylation sites is 1. The average molecular weight is 258 g/mol. The average Bonchev–Trinajstić information content (AvgIpc) is 2.80. The van der Waals surface area contributed by atoms with Gasteiger partial charge in [0, 0.05) is 0 Å². The molecule has 5 nitrogen and oxygen atoms in total. The molecule has 1 atom stereocenters. The van der Waals surface area contributed by atoms with E-state index in [2.05, 4.69) is 4.98 Å². The molecule has 2 aromatic rings. The third-order valence-electron chi connectivity index (χ3n) is 2.83. The number of ether oxygens (including phenoxy) is 1. The van der Waals surface area contributed by atoms with E-state index in [1.54, 1.807) is 26.0 Å². The second-order valence-corrected chi connectivity index (χ2v) is 4.11. The van der Waals surface area contributed by atoms with Crippen molar-refractivity contribution in [3.05, 3.63) is 29.7 Å². The van der Waals surface area contributed by atoms with Crippen LogP contribution in [0.15, 0.2) is 22.6 Å². The molecule has 0 aliphatic carbocycles. The summed E-state index contributed by atoms with van der Waals surface area (Å²) >= 11 is 0. The van der Waals surface area contributed by atoms with Gasteiger partial charge in [-0.1, -0.05) is 12.1 Å². The smallest absolute Gasteiger partial charge is 0.313 e. The van der Waals surface area contributed by atoms with Crippen LogP contribution in [-0.2, 0) is 16.0 Å². The van der Waals surface area contributed by atoms with Crippen LogP contribution in [0.5, 0.6) is 0 Å². The van der Waals surface area contributed by atoms with Crippen molar-refractivity contribution in [1.29, 1.82) is 5.26 Å². The lowest BCUT2D eigenvalue weighted by Crippen LogP contribution is -2.13. The summed E-state index contributed by atoms with van der Waals surface area (Å²) in [6.45, 7) is 3.88. The Balaban J connectivity index is 2.43. The van der Waals surface area contributed by atoms with E-state index in [1.807, 2.05) is 12.1 Å². The minimum Gasteiger partial charge on any atom is -0.466 e. The molecule has 1 heterocycles. The SMILES string of the molecule is CCOC(=O)C(C)c1cccc2oc(CC#N)nc12. The lowest BCUT2D eigenvalue weighted by molar-refractivity contribution is -0.144. The van der Waals surface area contributed by atoms with Crippen LogP contribution in [0.4, 0.5) is 0 Å². The maximum atomic E-state index is 11.8. The van der Waals surface area contributed by atoms with Crippen molar-refractivity contribution in [3.63, 3.8) is 0 Å². The Kier molecular flexibility index (Phi) is 3.81. The zero-order valence-electron chi connectivity index (χ0n) is 10.8. The van der Waals surface area contributed by atoms with Gasteiger partial charge in [0.1, 0.15) is 11.9 Å². The first-order chi connectivity index (χ1) is 9.17. The molecular weight excluding hydrogens is 244 g/mol. The van der Waals surface area contributed by atoms with Gasteiger partial charge in [-0.25, -0.2) is 4.98 Å². The van der Waals surface area contributed by atoms with Gasteiger partial charge < -0.3 is 9.15 Å². The molecular formula is C14H14N2O3. The number of rotatable bonds is 4. The Bertz CT molecular complexity index is 640. The van der Waals surface area contributed by atoms with Crippen molar-refractivity contribution in [3.8, 4) is 6.07 Å². The Morgan fingerprint density at radius 1 is 1.58 bits per heavy atom. The third kappa shape index (κ3) is 2.58. The van der Waals surface area contributed by atoms with E-state index in [-0.39, 0.29) is 12.4 Å². The van der Waals surface area contributed by atoms with Crippen LogP contribution in [0.2, 0.25) is 0 Å². The predicted octanol–water partition coefficient (Wildman–Crippen LogP) is 2.56. The van der Waals surface area contributed by atoms with E-state index in [9.17, 15) is 4.79 Å². The van der Waals surface area contributed by atoms with Crippen molar-refractivity contribution in [2.24, 2.45) is 0 Å². The largest absolute Gasteiger partial charge is 0.466 e. The molecule has 1 unspecified atom stereocenters. The standard InChI is InChI=1S/C14H14N2O3/c1-3-18-14(17)9(2)10-5-4-6-11-13(10)16-12(19-11)7-8-15/h4-6,9H,3,7H2,1-2H3. The monoisotopic (exact) mass is 258 g/mol. The lowest BCUT2D eigenvalue weighted by Gasteiger charge is -2.10. The Morgan fingerprint density at radius 2 is 2.37 bits per heavy atom. The van der Waals surface area contributed by atoms with Gasteiger partial charge in [0.05, 0.1) is 18.6 Å². The fraction of sp³-hybridized carbons (Fsp3) is 0.357. The number of nitrogens with zero attached hydrogens (tertiary/aromatic N) is 2. The van der Waals surface area contributed by atoms with Crippen LogP contribution in [0.3, 0.4) is 0 Å². The fourth-order valence-electron chi connectivity index (χ4n) is 1.90. The van der Waals surface area contributed by atoms with Crippen LogP contribution in [0.25, 0.3) is 11.1 Å². The highest BCUT2D eigenvalue weighted by molar-refractivity contribution is 5.86. The van der Waals surface area contributed by atoms with Gasteiger partial charge in [-0.3, -0.25) is 4.79 Å². The number of fused-ring (bicyclic) bond motifs is 1. The molecule has 0 saturated heterocycles. The number of benzene rings is 1. The number of hydrogen-bond acceptors (Lipinski definition) is 5. The van der Waals surface area contributed by atoms with Crippen LogP contribution in [-0.4, -0.2) is 17.6 Å². The molecule has 0 aliphatic heterocycles. The number of carbonyl (C=O) groups excluding carboxylic acids is 1. The summed E-state index contributed by atoms with van der Waals surface area (Å²) in [5.41, 5.74) is 1.95. The first-order valence-electron chi connectivity index (χ1n) is 6.09. The molecule has 98 valence electrons. The van der Waals surface area contributed by atoms with Gasteiger partial charge in [0.15, 0.2) is 5.58 Å². The minimum absolute atomic E-state index is 0.113. The minimum atomic E-state index is -0.413. The maximum absolute atomic E-state index is 11.8. The van der Waals surface area contributed by atoms with Crippen LogP contribution < -0.4 is 0 Å². The lowest BCUT2D eigenvalue weighted by atomic mass is 10.00. The molecule has 0 fully saturated rings. The number of carbonyl (C=O) groups is 1. The first kappa shape index (κ1) is 13.1. The van der Waals surface area contributed by atoms with Gasteiger partial charge in [-0.05, 0) is 25.5 Å². The van der Waals surface area contributed by atoms with Crippen molar-refractivity contribution in [2.45, 2.75) is 26.2 Å². The van der Waals surface area contributed by atoms with Crippen molar-refractivity contribution >= 4 is 17.1 Å². The van der Waals surface area contributed by atoms with Gasteiger partial charge in [-0.2, -0.15) is 5.26 Å². The van der Waals surface area contributed by atoms with Crippen LogP contribution >= 0.6 is 0 Å². The van der Waals surface area contributed by atoms with Gasteiger partial charge >= 0.3 is 5.97 Å². The highest BCUT2D eigenvalue weighted by Gasteiger charge is 2.21. The molecule has 1 aromatic heterocycles. The molecule has 0 radical (unpaired) electrons. The van der Waals surface area contributed by atoms with E-state index >= 15 is 0 Å². The van der Waals surface area contributed by atoms with E-state index in [0.717, 1.165) is 5.56 Å². The number of oxazole rings is 1. The fourth-order valence-corrected chi connectivity index (χ4v) is 1.90. The van der Waals surface area contributed by atoms with Crippen LogP contribution in [0, 0.1) is 11.3 Å². The Morgan fingerprint density at radius 3 is 3.05 bits per heavy atom. The topological polar surface area (TPSA) is 76.1 Å². The molecule has 0 saturated carbocycles. The predicted molar refractivity (Wildman–Crippen MR) is 68.4 cm³/mol. The number of hydrogen-bond donors (Lipinski definition) is 0. The van der Waals surface area contributed by atoms with E-state index in [0.29, 0.717) is 23.6 Å². The van der Waals surface area contributed by atoms with Crippen LogP contribution in [0.1, 0.15) is 31.2 Å². The molecule has 0 spiro atoms. The number of esters is 1. The molecule has 0 aliphatic rings. The summed E-state index contributed by atoms with van der Waals surface area (Å²) in [6, 6.07) is 7.38. The van der Waals surface area contributed by atoms with Crippen molar-refractivity contribution in [1.82, 2.24) is 4.98 Å². The summed E-state index contributed by atoms with van der Waals surface area (Å²) in [5.74, 6) is -0.343. The van der Waals surface area contributed by atoms with E-state index in [4.69, 9.17) is 14.4 Å².